The van der Waals surface area contributed by atoms with Gasteiger partial charge in [-0.2, -0.15) is 0 Å². The summed E-state index contributed by atoms with van der Waals surface area (Å²) >= 11 is 0. The third kappa shape index (κ3) is 9.28. The lowest BCUT2D eigenvalue weighted by Gasteiger charge is -2.32. The molecule has 5 rings (SSSR count). The zero-order valence-corrected chi connectivity index (χ0v) is 29.2. The lowest BCUT2D eigenvalue weighted by molar-refractivity contribution is 0.0458. The summed E-state index contributed by atoms with van der Waals surface area (Å²) in [7, 11) is 3.22. The molecule has 1 aromatic heterocycles. The van der Waals surface area contributed by atoms with Crippen molar-refractivity contribution < 1.29 is 28.7 Å². The number of benzene rings is 3. The van der Waals surface area contributed by atoms with Crippen LogP contribution in [0.3, 0.4) is 0 Å². The van der Waals surface area contributed by atoms with Crippen molar-refractivity contribution in [2.75, 3.05) is 32.1 Å². The van der Waals surface area contributed by atoms with Gasteiger partial charge in [0, 0.05) is 49.4 Å². The van der Waals surface area contributed by atoms with E-state index in [0.29, 0.717) is 78.8 Å². The van der Waals surface area contributed by atoms with Crippen molar-refractivity contribution in [3.63, 3.8) is 0 Å². The second kappa shape index (κ2) is 16.3. The average molecular weight is 697 g/mol. The summed E-state index contributed by atoms with van der Waals surface area (Å²) < 4.78 is 12.0. The van der Waals surface area contributed by atoms with E-state index in [1.165, 1.54) is 7.11 Å². The Morgan fingerprint density at radius 2 is 1.69 bits per heavy atom. The number of nitrogen functional groups attached to an aromatic ring is 1. The number of nitrogens with two attached hydrogens (primary N) is 1. The SMILES string of the molecule is COC(=O)c1cccc(NC(=O)NC2CCN(NC(=O)c3ccc4c(c3)nc(CCc3ccc(C(=O)OCC(C)C)cc3C(=N)N)n4C)CC2)c1. The minimum atomic E-state index is -0.485. The smallest absolute Gasteiger partial charge is 0.338 e. The number of fused-ring (bicyclic) bond motifs is 1. The van der Waals surface area contributed by atoms with Gasteiger partial charge in [0.2, 0.25) is 0 Å². The molecule has 0 atom stereocenters. The number of amidine groups is 1. The van der Waals surface area contributed by atoms with Gasteiger partial charge in [-0.1, -0.05) is 26.0 Å². The van der Waals surface area contributed by atoms with Gasteiger partial charge in [-0.25, -0.2) is 24.4 Å². The summed E-state index contributed by atoms with van der Waals surface area (Å²) in [6.07, 6.45) is 2.35. The molecule has 4 aromatic rings. The number of nitrogens with one attached hydrogen (secondary N) is 4. The van der Waals surface area contributed by atoms with Gasteiger partial charge in [0.25, 0.3) is 5.91 Å². The molecule has 0 unspecified atom stereocenters. The van der Waals surface area contributed by atoms with Crippen LogP contribution < -0.4 is 21.8 Å². The molecule has 0 saturated carbocycles. The largest absolute Gasteiger partial charge is 0.465 e. The maximum absolute atomic E-state index is 13.2. The number of methoxy groups -OCH3 is 1. The number of hydrogen-bond acceptors (Lipinski definition) is 9. The van der Waals surface area contributed by atoms with Crippen LogP contribution in [-0.2, 0) is 29.4 Å². The van der Waals surface area contributed by atoms with Gasteiger partial charge in [0.05, 0.1) is 35.9 Å². The number of ether oxygens (including phenoxy) is 2. The molecule has 14 nitrogen and oxygen atoms in total. The summed E-state index contributed by atoms with van der Waals surface area (Å²) in [6, 6.07) is 16.5. The van der Waals surface area contributed by atoms with Crippen LogP contribution in [0.25, 0.3) is 11.0 Å². The first-order valence-electron chi connectivity index (χ1n) is 16.8. The fourth-order valence-electron chi connectivity index (χ4n) is 5.90. The fraction of sp³-hybridized carbons (Fsp3) is 0.351. The van der Waals surface area contributed by atoms with Crippen LogP contribution in [0.15, 0.2) is 60.7 Å². The number of urea groups is 1. The Morgan fingerprint density at radius 1 is 0.961 bits per heavy atom. The maximum atomic E-state index is 13.2. The molecule has 3 amide bonds. The number of nitrogens with zero attached hydrogens (tertiary/aromatic N) is 3. The van der Waals surface area contributed by atoms with Gasteiger partial charge in [0.15, 0.2) is 0 Å². The zero-order chi connectivity index (χ0) is 36.7. The number of piperidine rings is 1. The number of imidazole rings is 1. The maximum Gasteiger partial charge on any atom is 0.338 e. The number of hydrazine groups is 1. The molecule has 0 aliphatic carbocycles. The third-order valence-corrected chi connectivity index (χ3v) is 8.67. The van der Waals surface area contributed by atoms with E-state index in [-0.39, 0.29) is 29.7 Å². The van der Waals surface area contributed by atoms with Crippen molar-refractivity contribution in [2.45, 2.75) is 45.6 Å². The number of hydrogen-bond donors (Lipinski definition) is 5. The van der Waals surface area contributed by atoms with E-state index in [4.69, 9.17) is 25.6 Å². The van der Waals surface area contributed by atoms with Crippen molar-refractivity contribution in [1.82, 2.24) is 25.3 Å². The van der Waals surface area contributed by atoms with E-state index in [9.17, 15) is 19.2 Å². The van der Waals surface area contributed by atoms with Crippen LogP contribution in [0.2, 0.25) is 0 Å². The molecule has 1 aliphatic rings. The van der Waals surface area contributed by atoms with E-state index in [1.54, 1.807) is 54.6 Å². The van der Waals surface area contributed by atoms with Gasteiger partial charge in [0.1, 0.15) is 11.7 Å². The van der Waals surface area contributed by atoms with Gasteiger partial charge in [-0.3, -0.25) is 15.6 Å². The molecule has 2 heterocycles. The van der Waals surface area contributed by atoms with Crippen LogP contribution in [-0.4, -0.2) is 77.1 Å². The molecule has 3 aromatic carbocycles. The average Bonchev–Trinajstić information content (AvgIpc) is 3.44. The molecule has 14 heteroatoms. The monoisotopic (exact) mass is 696 g/mol. The first-order chi connectivity index (χ1) is 24.4. The van der Waals surface area contributed by atoms with Gasteiger partial charge < -0.3 is 30.4 Å². The predicted octanol–water partition coefficient (Wildman–Crippen LogP) is 4.17. The minimum absolute atomic E-state index is 0.0825. The molecule has 1 saturated heterocycles. The predicted molar refractivity (Wildman–Crippen MR) is 193 cm³/mol. The lowest BCUT2D eigenvalue weighted by Crippen LogP contribution is -2.51. The molecule has 6 N–H and O–H groups in total. The third-order valence-electron chi connectivity index (χ3n) is 8.67. The number of amides is 3. The summed E-state index contributed by atoms with van der Waals surface area (Å²) in [6.45, 7) is 5.33. The summed E-state index contributed by atoms with van der Waals surface area (Å²) in [5, 5.41) is 15.6. The molecule has 0 radical (unpaired) electrons. The van der Waals surface area contributed by atoms with E-state index < -0.39 is 11.9 Å². The molecule has 1 aliphatic heterocycles. The van der Waals surface area contributed by atoms with Gasteiger partial charge in [-0.05, 0) is 79.3 Å². The Kier molecular flexibility index (Phi) is 11.7. The van der Waals surface area contributed by atoms with E-state index >= 15 is 0 Å². The Morgan fingerprint density at radius 3 is 2.39 bits per heavy atom. The fourth-order valence-corrected chi connectivity index (χ4v) is 5.90. The summed E-state index contributed by atoms with van der Waals surface area (Å²) in [5.41, 5.74) is 13.4. The molecular formula is C37H44N8O6. The number of esters is 2. The van der Waals surface area contributed by atoms with Crippen LogP contribution >= 0.6 is 0 Å². The highest BCUT2D eigenvalue weighted by Gasteiger charge is 2.23. The molecule has 1 fully saturated rings. The Balaban J connectivity index is 1.14. The van der Waals surface area contributed by atoms with E-state index in [1.807, 2.05) is 36.5 Å². The van der Waals surface area contributed by atoms with Crippen molar-refractivity contribution in [1.29, 1.82) is 5.41 Å². The van der Waals surface area contributed by atoms with Crippen molar-refractivity contribution in [3.05, 3.63) is 94.3 Å². The van der Waals surface area contributed by atoms with Crippen LogP contribution in [0.1, 0.15) is 74.7 Å². The zero-order valence-electron chi connectivity index (χ0n) is 29.2. The Hall–Kier alpha value is -5.76. The quantitative estimate of drug-likeness (QED) is 0.0821. The molecule has 51 heavy (non-hydrogen) atoms. The number of carbonyl (C=O) groups is 4. The number of rotatable bonds is 12. The van der Waals surface area contributed by atoms with E-state index in [0.717, 1.165) is 16.9 Å². The van der Waals surface area contributed by atoms with Crippen LogP contribution in [0, 0.1) is 11.3 Å². The van der Waals surface area contributed by atoms with Crippen LogP contribution in [0.5, 0.6) is 0 Å². The molecular weight excluding hydrogens is 652 g/mol. The molecule has 0 bridgehead atoms. The lowest BCUT2D eigenvalue weighted by atomic mass is 9.99. The van der Waals surface area contributed by atoms with Gasteiger partial charge in [-0.15, -0.1) is 0 Å². The van der Waals surface area contributed by atoms with Crippen molar-refractivity contribution >= 4 is 46.4 Å². The number of carbonyl (C=O) groups excluding carboxylic acids is 4. The topological polar surface area (TPSA) is 194 Å². The number of aryl methyl sites for hydroxylation is 3. The highest BCUT2D eigenvalue weighted by Crippen LogP contribution is 2.21. The second-order valence-corrected chi connectivity index (χ2v) is 12.9. The standard InChI is InChI=1S/C37H44N8O6/c1-22(2)21-51-36(48)26-9-8-23(29(19-26)33(38)39)11-13-32-42-30-20-24(10-12-31(30)44(32)3)34(46)43-45-16-14-27(15-17-45)40-37(49)41-28-7-5-6-25(18-28)35(47)50-4/h5-10,12,18-20,22,27H,11,13-17,21H2,1-4H3,(H3,38,39)(H,43,46)(H2,40,41,49). The van der Waals surface area contributed by atoms with Crippen LogP contribution in [0.4, 0.5) is 10.5 Å². The van der Waals surface area contributed by atoms with E-state index in [2.05, 4.69) is 16.1 Å². The highest BCUT2D eigenvalue weighted by molar-refractivity contribution is 6.00. The number of aromatic nitrogens is 2. The normalized spacial score (nSPS) is 13.5. The second-order valence-electron chi connectivity index (χ2n) is 12.9. The molecule has 0 spiro atoms. The Bertz CT molecular complexity index is 1950. The highest BCUT2D eigenvalue weighted by atomic mass is 16.5. The minimum Gasteiger partial charge on any atom is -0.465 e. The van der Waals surface area contributed by atoms with Crippen molar-refractivity contribution in [3.8, 4) is 0 Å². The summed E-state index contributed by atoms with van der Waals surface area (Å²) in [4.78, 5) is 54.8. The number of anilines is 1. The Labute approximate surface area is 296 Å². The van der Waals surface area contributed by atoms with Crippen molar-refractivity contribution in [2.24, 2.45) is 18.7 Å². The first kappa shape index (κ1) is 36.5. The summed E-state index contributed by atoms with van der Waals surface area (Å²) in [5.74, 6) is -0.307. The van der Waals surface area contributed by atoms with Gasteiger partial charge >= 0.3 is 18.0 Å². The first-order valence-corrected chi connectivity index (χ1v) is 16.8. The molecule has 268 valence electrons.